The largest absolute Gasteiger partial charge is 0.481 e. The average molecular weight is 461 g/mol. The van der Waals surface area contributed by atoms with Crippen LogP contribution in [0.25, 0.3) is 27.7 Å². The molecule has 0 aliphatic heterocycles. The summed E-state index contributed by atoms with van der Waals surface area (Å²) in [6.07, 6.45) is 3.48. The molecule has 0 unspecified atom stereocenters. The Morgan fingerprint density at radius 2 is 2.12 bits per heavy atom. The summed E-state index contributed by atoms with van der Waals surface area (Å²) in [5.74, 6) is 0.880. The normalized spacial score (nSPS) is 11.6. The molecule has 8 nitrogen and oxygen atoms in total. The number of aromatic amines is 1. The van der Waals surface area contributed by atoms with Crippen LogP contribution in [0.5, 0.6) is 5.88 Å². The summed E-state index contributed by atoms with van der Waals surface area (Å²) in [5.41, 5.74) is 5.87. The minimum absolute atomic E-state index is 0.0632. The van der Waals surface area contributed by atoms with Crippen LogP contribution in [-0.2, 0) is 11.3 Å². The SMILES string of the molecule is COc1cc2nc(C(C#N)=Cc3cc(C)n(-c4sc(C)cc4CNC(C)=O)c3C)[nH]c2cn1. The quantitative estimate of drug-likeness (QED) is 0.413. The van der Waals surface area contributed by atoms with Crippen molar-refractivity contribution in [3.63, 3.8) is 0 Å². The standard InChI is InChI=1S/C24H24N6O2S/c1-13-6-17(15(3)30(13)24-19(7-14(2)33-24)11-26-16(4)31)8-18(10-25)23-28-20-9-22(32-5)27-12-21(20)29-23/h6-9,12H,11H2,1-5H3,(H,26,31)(H,28,29). The van der Waals surface area contributed by atoms with Crippen molar-refractivity contribution in [1.82, 2.24) is 24.8 Å². The number of allylic oxidation sites excluding steroid dienone is 1. The van der Waals surface area contributed by atoms with Gasteiger partial charge in [-0.3, -0.25) is 4.79 Å². The molecule has 0 saturated heterocycles. The van der Waals surface area contributed by atoms with Crippen molar-refractivity contribution in [3.8, 4) is 17.0 Å². The molecular formula is C24H24N6O2S. The lowest BCUT2D eigenvalue weighted by molar-refractivity contribution is -0.119. The Morgan fingerprint density at radius 1 is 1.33 bits per heavy atom. The molecule has 0 spiro atoms. The lowest BCUT2D eigenvalue weighted by atomic mass is 10.1. The van der Waals surface area contributed by atoms with Crippen LogP contribution in [0.3, 0.4) is 0 Å². The molecule has 0 radical (unpaired) electrons. The Kier molecular flexibility index (Phi) is 6.03. The number of carbonyl (C=O) groups excluding carboxylic acids is 1. The highest BCUT2D eigenvalue weighted by Gasteiger charge is 2.17. The summed E-state index contributed by atoms with van der Waals surface area (Å²) in [6, 6.07) is 8.14. The zero-order chi connectivity index (χ0) is 23.7. The van der Waals surface area contributed by atoms with Crippen LogP contribution in [0.4, 0.5) is 0 Å². The maximum absolute atomic E-state index is 11.4. The second-order valence-electron chi connectivity index (χ2n) is 7.76. The number of carbonyl (C=O) groups is 1. The Balaban J connectivity index is 1.75. The van der Waals surface area contributed by atoms with Crippen molar-refractivity contribution >= 4 is 39.9 Å². The van der Waals surface area contributed by atoms with E-state index in [0.717, 1.165) is 33.0 Å². The van der Waals surface area contributed by atoms with E-state index in [1.54, 1.807) is 30.7 Å². The Morgan fingerprint density at radius 3 is 2.82 bits per heavy atom. The smallest absolute Gasteiger partial charge is 0.217 e. The molecular weight excluding hydrogens is 436 g/mol. The number of hydrogen-bond acceptors (Lipinski definition) is 6. The molecule has 0 aliphatic carbocycles. The highest BCUT2D eigenvalue weighted by atomic mass is 32.1. The predicted octanol–water partition coefficient (Wildman–Crippen LogP) is 4.44. The van der Waals surface area contributed by atoms with Crippen molar-refractivity contribution in [3.05, 3.63) is 57.6 Å². The summed E-state index contributed by atoms with van der Waals surface area (Å²) in [4.78, 5) is 24.5. The molecule has 0 fully saturated rings. The number of nitriles is 1. The van der Waals surface area contributed by atoms with Crippen LogP contribution in [-0.4, -0.2) is 32.5 Å². The first-order valence-electron chi connectivity index (χ1n) is 10.4. The maximum Gasteiger partial charge on any atom is 0.217 e. The summed E-state index contributed by atoms with van der Waals surface area (Å²) >= 11 is 1.68. The van der Waals surface area contributed by atoms with Crippen LogP contribution < -0.4 is 10.1 Å². The molecule has 4 rings (SSSR count). The molecule has 2 N–H and O–H groups in total. The molecule has 0 saturated carbocycles. The van der Waals surface area contributed by atoms with E-state index in [1.165, 1.54) is 11.8 Å². The number of thiophene rings is 1. The van der Waals surface area contributed by atoms with Gasteiger partial charge in [-0.15, -0.1) is 11.3 Å². The lowest BCUT2D eigenvalue weighted by Crippen LogP contribution is -2.19. The molecule has 0 atom stereocenters. The molecule has 9 heteroatoms. The zero-order valence-corrected chi connectivity index (χ0v) is 19.9. The Bertz CT molecular complexity index is 1430. The van der Waals surface area contributed by atoms with Crippen molar-refractivity contribution in [2.75, 3.05) is 7.11 Å². The topological polar surface area (TPSA) is 109 Å². The van der Waals surface area contributed by atoms with Crippen LogP contribution in [0.1, 0.15) is 40.1 Å². The van der Waals surface area contributed by atoms with E-state index in [-0.39, 0.29) is 5.91 Å². The number of hydrogen-bond donors (Lipinski definition) is 2. The van der Waals surface area contributed by atoms with E-state index in [4.69, 9.17) is 4.74 Å². The average Bonchev–Trinajstić information content (AvgIpc) is 3.44. The molecule has 0 aromatic carbocycles. The summed E-state index contributed by atoms with van der Waals surface area (Å²) < 4.78 is 7.33. The zero-order valence-electron chi connectivity index (χ0n) is 19.1. The molecule has 0 bridgehead atoms. The fourth-order valence-electron chi connectivity index (χ4n) is 3.78. The second kappa shape index (κ2) is 8.92. The van der Waals surface area contributed by atoms with Crippen LogP contribution in [0, 0.1) is 32.1 Å². The van der Waals surface area contributed by atoms with Gasteiger partial charge in [0.25, 0.3) is 0 Å². The third-order valence-corrected chi connectivity index (χ3v) is 6.42. The second-order valence-corrected chi connectivity index (χ2v) is 8.99. The number of pyridine rings is 1. The monoisotopic (exact) mass is 460 g/mol. The van der Waals surface area contributed by atoms with Crippen LogP contribution in [0.15, 0.2) is 24.4 Å². The number of nitrogens with zero attached hydrogens (tertiary/aromatic N) is 4. The molecule has 4 aromatic heterocycles. The fourth-order valence-corrected chi connectivity index (χ4v) is 4.92. The van der Waals surface area contributed by atoms with Gasteiger partial charge >= 0.3 is 0 Å². The Labute approximate surface area is 195 Å². The summed E-state index contributed by atoms with van der Waals surface area (Å²) in [7, 11) is 1.55. The molecule has 4 aromatic rings. The summed E-state index contributed by atoms with van der Waals surface area (Å²) in [5, 5.41) is 13.8. The minimum atomic E-state index is -0.0632. The first kappa shape index (κ1) is 22.3. The first-order valence-corrected chi connectivity index (χ1v) is 11.2. The number of nitrogens with one attached hydrogen (secondary N) is 2. The summed E-state index contributed by atoms with van der Waals surface area (Å²) in [6.45, 7) is 8.10. The highest BCUT2D eigenvalue weighted by Crippen LogP contribution is 2.32. The number of aromatic nitrogens is 4. The number of imidazole rings is 1. The van der Waals surface area contributed by atoms with Crippen molar-refractivity contribution < 1.29 is 9.53 Å². The lowest BCUT2D eigenvalue weighted by Gasteiger charge is -2.11. The highest BCUT2D eigenvalue weighted by molar-refractivity contribution is 7.14. The number of amides is 1. The van der Waals surface area contributed by atoms with Gasteiger partial charge in [0.15, 0.2) is 0 Å². The van der Waals surface area contributed by atoms with Gasteiger partial charge in [0.05, 0.1) is 29.9 Å². The van der Waals surface area contributed by atoms with Crippen LogP contribution in [0.2, 0.25) is 0 Å². The van der Waals surface area contributed by atoms with Gasteiger partial charge in [-0.25, -0.2) is 9.97 Å². The number of aryl methyl sites for hydroxylation is 2. The number of rotatable bonds is 6. The third-order valence-electron chi connectivity index (χ3n) is 5.34. The van der Waals surface area contributed by atoms with E-state index < -0.39 is 0 Å². The Hall–Kier alpha value is -3.90. The fraction of sp³-hybridized carbons (Fsp3) is 0.250. The van der Waals surface area contributed by atoms with E-state index in [0.29, 0.717) is 29.3 Å². The molecule has 168 valence electrons. The molecule has 4 heterocycles. The van der Waals surface area contributed by atoms with E-state index in [9.17, 15) is 10.1 Å². The maximum atomic E-state index is 11.4. The number of ether oxygens (including phenoxy) is 1. The first-order chi connectivity index (χ1) is 15.8. The van der Waals surface area contributed by atoms with Gasteiger partial charge in [0.2, 0.25) is 11.8 Å². The van der Waals surface area contributed by atoms with Crippen molar-refractivity contribution in [2.45, 2.75) is 34.2 Å². The number of fused-ring (bicyclic) bond motifs is 1. The predicted molar refractivity (Wildman–Crippen MR) is 129 cm³/mol. The van der Waals surface area contributed by atoms with E-state index in [2.05, 4.69) is 50.0 Å². The molecule has 1 amide bonds. The van der Waals surface area contributed by atoms with E-state index >= 15 is 0 Å². The van der Waals surface area contributed by atoms with Gasteiger partial charge in [-0.2, -0.15) is 5.26 Å². The third kappa shape index (κ3) is 4.38. The number of methoxy groups -OCH3 is 1. The minimum Gasteiger partial charge on any atom is -0.481 e. The van der Waals surface area contributed by atoms with Crippen molar-refractivity contribution in [2.24, 2.45) is 0 Å². The van der Waals surface area contributed by atoms with Gasteiger partial charge in [0.1, 0.15) is 16.9 Å². The molecule has 0 aliphatic rings. The van der Waals surface area contributed by atoms with Crippen molar-refractivity contribution in [1.29, 1.82) is 5.26 Å². The van der Waals surface area contributed by atoms with Crippen LogP contribution >= 0.6 is 11.3 Å². The van der Waals surface area contributed by atoms with Gasteiger partial charge in [-0.05, 0) is 44.5 Å². The molecule has 33 heavy (non-hydrogen) atoms. The van der Waals surface area contributed by atoms with Gasteiger partial charge < -0.3 is 19.6 Å². The van der Waals surface area contributed by atoms with Gasteiger partial charge in [0, 0.05) is 41.4 Å². The number of H-pyrrole nitrogens is 1. The van der Waals surface area contributed by atoms with Gasteiger partial charge in [-0.1, -0.05) is 0 Å². The van der Waals surface area contributed by atoms with E-state index in [1.807, 2.05) is 19.9 Å².